The van der Waals surface area contributed by atoms with Crippen molar-refractivity contribution in [3.63, 3.8) is 0 Å². The van der Waals surface area contributed by atoms with Crippen molar-refractivity contribution in [2.45, 2.75) is 39.5 Å². The Morgan fingerprint density at radius 3 is 2.78 bits per heavy atom. The first kappa shape index (κ1) is 17.3. The molecule has 0 bridgehead atoms. The van der Waals surface area contributed by atoms with Crippen molar-refractivity contribution in [3.05, 3.63) is 29.8 Å². The number of benzene rings is 1. The largest absolute Gasteiger partial charge is 0.466 e. The van der Waals surface area contributed by atoms with Gasteiger partial charge in [-0.05, 0) is 37.3 Å². The van der Waals surface area contributed by atoms with Gasteiger partial charge >= 0.3 is 12.0 Å². The molecular weight excluding hydrogens is 292 g/mol. The number of anilines is 1. The number of ether oxygens (including phenoxy) is 1. The molecule has 0 aromatic heterocycles. The lowest BCUT2D eigenvalue weighted by atomic mass is 9.98. The molecule has 1 aromatic rings. The Morgan fingerprint density at radius 1 is 1.35 bits per heavy atom. The predicted octanol–water partition coefficient (Wildman–Crippen LogP) is 3.62. The van der Waals surface area contributed by atoms with Gasteiger partial charge in [0.15, 0.2) is 0 Å². The summed E-state index contributed by atoms with van der Waals surface area (Å²) >= 11 is 0. The average molecular weight is 318 g/mol. The molecule has 0 saturated carbocycles. The second-order valence-corrected chi connectivity index (χ2v) is 6.21. The number of rotatable bonds is 4. The Kier molecular flexibility index (Phi) is 6.02. The van der Waals surface area contributed by atoms with E-state index >= 15 is 0 Å². The molecule has 1 fully saturated rings. The average Bonchev–Trinajstić information content (AvgIpc) is 2.55. The number of piperidine rings is 1. The first-order valence-corrected chi connectivity index (χ1v) is 8.34. The smallest absolute Gasteiger partial charge is 0.321 e. The summed E-state index contributed by atoms with van der Waals surface area (Å²) in [7, 11) is 0. The topological polar surface area (TPSA) is 58.6 Å². The summed E-state index contributed by atoms with van der Waals surface area (Å²) in [6.45, 7) is 7.47. The Hall–Kier alpha value is -2.04. The predicted molar refractivity (Wildman–Crippen MR) is 90.5 cm³/mol. The molecule has 1 aromatic carbocycles. The van der Waals surface area contributed by atoms with Crippen molar-refractivity contribution in [3.8, 4) is 0 Å². The Balaban J connectivity index is 2.02. The van der Waals surface area contributed by atoms with E-state index in [2.05, 4.69) is 19.2 Å². The van der Waals surface area contributed by atoms with Crippen LogP contribution in [0.5, 0.6) is 0 Å². The van der Waals surface area contributed by atoms with Crippen molar-refractivity contribution >= 4 is 17.7 Å². The van der Waals surface area contributed by atoms with Gasteiger partial charge < -0.3 is 15.0 Å². The van der Waals surface area contributed by atoms with Crippen LogP contribution in [0.3, 0.4) is 0 Å². The van der Waals surface area contributed by atoms with E-state index in [1.54, 1.807) is 11.8 Å². The molecule has 1 aliphatic rings. The molecule has 1 heterocycles. The third-order valence-corrected chi connectivity index (χ3v) is 4.15. The van der Waals surface area contributed by atoms with Crippen LogP contribution < -0.4 is 5.32 Å². The Labute approximate surface area is 138 Å². The van der Waals surface area contributed by atoms with Crippen molar-refractivity contribution in [2.24, 2.45) is 5.92 Å². The number of hydrogen-bond donors (Lipinski definition) is 1. The molecule has 1 unspecified atom stereocenters. The Morgan fingerprint density at radius 2 is 2.09 bits per heavy atom. The SMILES string of the molecule is CCOC(=O)C1CCCN(C(=O)Nc2ccccc2C(C)C)C1. The zero-order chi connectivity index (χ0) is 16.8. The maximum absolute atomic E-state index is 12.5. The number of hydrogen-bond acceptors (Lipinski definition) is 3. The van der Waals surface area contributed by atoms with Gasteiger partial charge in [-0.25, -0.2) is 4.79 Å². The lowest BCUT2D eigenvalue weighted by Crippen LogP contribution is -2.44. The molecule has 23 heavy (non-hydrogen) atoms. The molecule has 2 rings (SSSR count). The maximum atomic E-state index is 12.5. The summed E-state index contributed by atoms with van der Waals surface area (Å²) in [5.74, 6) is -0.0810. The highest BCUT2D eigenvalue weighted by molar-refractivity contribution is 5.90. The number of para-hydroxylation sites is 1. The number of nitrogens with one attached hydrogen (secondary N) is 1. The van der Waals surface area contributed by atoms with Crippen LogP contribution in [0.4, 0.5) is 10.5 Å². The first-order valence-electron chi connectivity index (χ1n) is 8.34. The van der Waals surface area contributed by atoms with E-state index in [1.807, 2.05) is 24.3 Å². The van der Waals surface area contributed by atoms with E-state index in [1.165, 1.54) is 0 Å². The Bertz CT molecular complexity index is 557. The van der Waals surface area contributed by atoms with Crippen LogP contribution in [0, 0.1) is 5.92 Å². The zero-order valence-corrected chi connectivity index (χ0v) is 14.2. The number of likely N-dealkylation sites (tertiary alicyclic amines) is 1. The molecule has 1 atom stereocenters. The van der Waals surface area contributed by atoms with Crippen LogP contribution in [0.1, 0.15) is 45.1 Å². The van der Waals surface area contributed by atoms with Crippen LogP contribution in [-0.2, 0) is 9.53 Å². The maximum Gasteiger partial charge on any atom is 0.321 e. The van der Waals surface area contributed by atoms with Crippen molar-refractivity contribution in [1.29, 1.82) is 0 Å². The third-order valence-electron chi connectivity index (χ3n) is 4.15. The van der Waals surface area contributed by atoms with Gasteiger partial charge in [0.1, 0.15) is 0 Å². The van der Waals surface area contributed by atoms with E-state index in [-0.39, 0.29) is 17.9 Å². The second-order valence-electron chi connectivity index (χ2n) is 6.21. The molecule has 1 N–H and O–H groups in total. The normalized spacial score (nSPS) is 17.9. The molecule has 0 radical (unpaired) electrons. The van der Waals surface area contributed by atoms with Gasteiger partial charge in [-0.2, -0.15) is 0 Å². The fraction of sp³-hybridized carbons (Fsp3) is 0.556. The lowest BCUT2D eigenvalue weighted by Gasteiger charge is -2.31. The fourth-order valence-electron chi connectivity index (χ4n) is 2.92. The summed E-state index contributed by atoms with van der Waals surface area (Å²) in [6.07, 6.45) is 1.61. The minimum absolute atomic E-state index is 0.146. The number of amides is 2. The van der Waals surface area contributed by atoms with E-state index in [4.69, 9.17) is 4.74 Å². The molecule has 1 saturated heterocycles. The first-order chi connectivity index (χ1) is 11.0. The number of urea groups is 1. The van der Waals surface area contributed by atoms with Gasteiger partial charge in [0.25, 0.3) is 0 Å². The van der Waals surface area contributed by atoms with Crippen LogP contribution >= 0.6 is 0 Å². The van der Waals surface area contributed by atoms with Crippen LogP contribution in [0.2, 0.25) is 0 Å². The monoisotopic (exact) mass is 318 g/mol. The quantitative estimate of drug-likeness (QED) is 0.863. The summed E-state index contributed by atoms with van der Waals surface area (Å²) in [6, 6.07) is 7.69. The summed E-state index contributed by atoms with van der Waals surface area (Å²) in [5, 5.41) is 2.99. The van der Waals surface area contributed by atoms with Crippen molar-refractivity contribution in [1.82, 2.24) is 4.90 Å². The second kappa shape index (κ2) is 7.99. The summed E-state index contributed by atoms with van der Waals surface area (Å²) in [4.78, 5) is 26.1. The van der Waals surface area contributed by atoms with E-state index < -0.39 is 0 Å². The van der Waals surface area contributed by atoms with Gasteiger partial charge in [0, 0.05) is 18.8 Å². The lowest BCUT2D eigenvalue weighted by molar-refractivity contribution is -0.149. The molecular formula is C18H26N2O3. The van der Waals surface area contributed by atoms with Gasteiger partial charge in [0.05, 0.1) is 12.5 Å². The minimum atomic E-state index is -0.213. The molecule has 2 amide bonds. The molecule has 0 spiro atoms. The summed E-state index contributed by atoms with van der Waals surface area (Å²) in [5.41, 5.74) is 1.95. The van der Waals surface area contributed by atoms with E-state index in [0.717, 1.165) is 24.1 Å². The molecule has 1 aliphatic heterocycles. The van der Waals surface area contributed by atoms with Gasteiger partial charge in [-0.15, -0.1) is 0 Å². The van der Waals surface area contributed by atoms with Gasteiger partial charge in [-0.1, -0.05) is 32.0 Å². The number of carbonyl (C=O) groups is 2. The van der Waals surface area contributed by atoms with Gasteiger partial charge in [-0.3, -0.25) is 4.79 Å². The highest BCUT2D eigenvalue weighted by atomic mass is 16.5. The van der Waals surface area contributed by atoms with Crippen LogP contribution in [0.15, 0.2) is 24.3 Å². The van der Waals surface area contributed by atoms with E-state index in [0.29, 0.717) is 25.6 Å². The van der Waals surface area contributed by atoms with Gasteiger partial charge in [0.2, 0.25) is 0 Å². The fourth-order valence-corrected chi connectivity index (χ4v) is 2.92. The number of carbonyl (C=O) groups excluding carboxylic acids is 2. The molecule has 5 heteroatoms. The van der Waals surface area contributed by atoms with Crippen molar-refractivity contribution in [2.75, 3.05) is 25.0 Å². The molecule has 126 valence electrons. The summed E-state index contributed by atoms with van der Waals surface area (Å²) < 4.78 is 5.08. The standard InChI is InChI=1S/C18H26N2O3/c1-4-23-17(21)14-8-7-11-20(12-14)18(22)19-16-10-6-5-9-15(16)13(2)3/h5-6,9-10,13-14H,4,7-8,11-12H2,1-3H3,(H,19,22). The number of esters is 1. The van der Waals surface area contributed by atoms with E-state index in [9.17, 15) is 9.59 Å². The highest BCUT2D eigenvalue weighted by Gasteiger charge is 2.29. The van der Waals surface area contributed by atoms with Crippen LogP contribution in [0.25, 0.3) is 0 Å². The third kappa shape index (κ3) is 4.47. The van der Waals surface area contributed by atoms with Crippen LogP contribution in [-0.4, -0.2) is 36.6 Å². The minimum Gasteiger partial charge on any atom is -0.466 e. The molecule has 5 nitrogen and oxygen atoms in total. The highest BCUT2D eigenvalue weighted by Crippen LogP contribution is 2.25. The van der Waals surface area contributed by atoms with Crippen molar-refractivity contribution < 1.29 is 14.3 Å². The number of nitrogens with zero attached hydrogens (tertiary/aromatic N) is 1. The molecule has 0 aliphatic carbocycles. The zero-order valence-electron chi connectivity index (χ0n) is 14.2.